The zero-order valence-electron chi connectivity index (χ0n) is 17.3. The Bertz CT molecular complexity index is 1220. The third kappa shape index (κ3) is 5.16. The van der Waals surface area contributed by atoms with Crippen LogP contribution in [0.1, 0.15) is 13.8 Å². The molecule has 2 atom stereocenters. The van der Waals surface area contributed by atoms with Crippen LogP contribution in [0.2, 0.25) is 0 Å². The Hall–Kier alpha value is -2.65. The summed E-state index contributed by atoms with van der Waals surface area (Å²) in [6.07, 6.45) is 2.29. The molecule has 1 heterocycles. The van der Waals surface area contributed by atoms with E-state index in [0.29, 0.717) is 22.6 Å². The molecule has 0 bridgehead atoms. The zero-order valence-corrected chi connectivity index (χ0v) is 19.0. The number of hydrogen-bond donors (Lipinski definition) is 1. The smallest absolute Gasteiger partial charge is 0.314 e. The molecular weight excluding hydrogens is 439 g/mol. The summed E-state index contributed by atoms with van der Waals surface area (Å²) in [5.41, 5.74) is 0.908. The summed E-state index contributed by atoms with van der Waals surface area (Å²) in [6, 6.07) is 11.5. The van der Waals surface area contributed by atoms with Crippen molar-refractivity contribution in [2.24, 2.45) is 5.92 Å². The third-order valence-corrected chi connectivity index (χ3v) is 6.70. The van der Waals surface area contributed by atoms with Crippen LogP contribution < -0.4 is 10.3 Å². The molecule has 3 aromatic rings. The SMILES string of the molecule is CC(CS)C(C)Oc1c(-c2ccc(S(C)(=O)=O)cc2)cnn(-c2ccc(F)cc2)c1=O. The van der Waals surface area contributed by atoms with E-state index < -0.39 is 21.2 Å². The van der Waals surface area contributed by atoms with Crippen LogP contribution in [-0.2, 0) is 9.84 Å². The normalized spacial score (nSPS) is 13.6. The van der Waals surface area contributed by atoms with E-state index in [1.54, 1.807) is 12.1 Å². The topological polar surface area (TPSA) is 78.3 Å². The molecule has 0 spiro atoms. The lowest BCUT2D eigenvalue weighted by molar-refractivity contribution is 0.170. The molecule has 2 unspecified atom stereocenters. The molecule has 0 radical (unpaired) electrons. The van der Waals surface area contributed by atoms with Gasteiger partial charge in [0.25, 0.3) is 0 Å². The number of sulfone groups is 1. The monoisotopic (exact) mass is 462 g/mol. The second-order valence-corrected chi connectivity index (χ2v) is 9.74. The van der Waals surface area contributed by atoms with Gasteiger partial charge in [-0.25, -0.2) is 12.8 Å². The third-order valence-electron chi connectivity index (χ3n) is 4.99. The first kappa shape index (κ1) is 23.0. The Morgan fingerprint density at radius 2 is 1.71 bits per heavy atom. The second kappa shape index (κ2) is 9.23. The summed E-state index contributed by atoms with van der Waals surface area (Å²) in [5.74, 6) is 0.284. The molecule has 9 heteroatoms. The molecule has 0 aliphatic heterocycles. The first-order chi connectivity index (χ1) is 14.6. The fourth-order valence-corrected chi connectivity index (χ4v) is 3.78. The molecule has 3 rings (SSSR count). The molecule has 0 fully saturated rings. The second-order valence-electron chi connectivity index (χ2n) is 7.36. The molecular formula is C22H23FN2O4S2. The van der Waals surface area contributed by atoms with Crippen molar-refractivity contribution in [2.45, 2.75) is 24.8 Å². The Morgan fingerprint density at radius 1 is 1.10 bits per heavy atom. The number of rotatable bonds is 7. The fourth-order valence-electron chi connectivity index (χ4n) is 2.86. The van der Waals surface area contributed by atoms with E-state index in [-0.39, 0.29) is 22.7 Å². The van der Waals surface area contributed by atoms with Crippen LogP contribution >= 0.6 is 12.6 Å². The van der Waals surface area contributed by atoms with Crippen LogP contribution in [0, 0.1) is 11.7 Å². The highest BCUT2D eigenvalue weighted by atomic mass is 32.2. The lowest BCUT2D eigenvalue weighted by Crippen LogP contribution is -2.29. The van der Waals surface area contributed by atoms with Crippen molar-refractivity contribution >= 4 is 22.5 Å². The number of hydrogen-bond acceptors (Lipinski definition) is 6. The van der Waals surface area contributed by atoms with E-state index in [2.05, 4.69) is 17.7 Å². The number of benzene rings is 2. The van der Waals surface area contributed by atoms with Gasteiger partial charge in [-0.05, 0) is 54.6 Å². The molecule has 0 saturated heterocycles. The number of thiol groups is 1. The summed E-state index contributed by atoms with van der Waals surface area (Å²) in [4.78, 5) is 13.5. The highest BCUT2D eigenvalue weighted by Crippen LogP contribution is 2.29. The van der Waals surface area contributed by atoms with Gasteiger partial charge in [-0.3, -0.25) is 4.79 Å². The zero-order chi connectivity index (χ0) is 22.8. The number of halogens is 1. The highest BCUT2D eigenvalue weighted by molar-refractivity contribution is 7.90. The van der Waals surface area contributed by atoms with Gasteiger partial charge in [0.15, 0.2) is 15.6 Å². The maximum absolute atomic E-state index is 13.3. The van der Waals surface area contributed by atoms with Gasteiger partial charge in [0.05, 0.1) is 22.9 Å². The summed E-state index contributed by atoms with van der Waals surface area (Å²) in [7, 11) is -3.35. The largest absolute Gasteiger partial charge is 0.484 e. The van der Waals surface area contributed by atoms with Crippen molar-refractivity contribution in [2.75, 3.05) is 12.0 Å². The Balaban J connectivity index is 2.15. The van der Waals surface area contributed by atoms with Gasteiger partial charge in [-0.1, -0.05) is 19.1 Å². The molecule has 0 aliphatic rings. The minimum Gasteiger partial charge on any atom is -0.484 e. The van der Waals surface area contributed by atoms with Gasteiger partial charge < -0.3 is 4.74 Å². The Morgan fingerprint density at radius 3 is 2.26 bits per heavy atom. The number of aromatic nitrogens is 2. The maximum atomic E-state index is 13.3. The van der Waals surface area contributed by atoms with E-state index in [1.165, 1.54) is 42.6 Å². The van der Waals surface area contributed by atoms with Crippen molar-refractivity contribution in [3.05, 3.63) is 70.9 Å². The Labute approximate surface area is 186 Å². The van der Waals surface area contributed by atoms with Crippen LogP contribution in [0.25, 0.3) is 16.8 Å². The fraction of sp³-hybridized carbons (Fsp3) is 0.273. The maximum Gasteiger partial charge on any atom is 0.314 e. The lowest BCUT2D eigenvalue weighted by atomic mass is 10.1. The molecule has 0 aliphatic carbocycles. The molecule has 0 N–H and O–H groups in total. The summed E-state index contributed by atoms with van der Waals surface area (Å²) in [6.45, 7) is 3.80. The van der Waals surface area contributed by atoms with E-state index in [0.717, 1.165) is 10.9 Å². The summed E-state index contributed by atoms with van der Waals surface area (Å²) >= 11 is 4.30. The van der Waals surface area contributed by atoms with Crippen LogP contribution in [0.5, 0.6) is 5.75 Å². The summed E-state index contributed by atoms with van der Waals surface area (Å²) in [5, 5.41) is 4.23. The summed E-state index contributed by atoms with van der Waals surface area (Å²) < 4.78 is 44.0. The Kier molecular flexibility index (Phi) is 6.86. The first-order valence-electron chi connectivity index (χ1n) is 9.58. The van der Waals surface area contributed by atoms with E-state index in [4.69, 9.17) is 4.74 Å². The van der Waals surface area contributed by atoms with Crippen molar-refractivity contribution in [3.63, 3.8) is 0 Å². The molecule has 0 saturated carbocycles. The molecule has 6 nitrogen and oxygen atoms in total. The molecule has 164 valence electrons. The van der Waals surface area contributed by atoms with Crippen molar-refractivity contribution in [3.8, 4) is 22.6 Å². The van der Waals surface area contributed by atoms with E-state index in [1.807, 2.05) is 13.8 Å². The minimum atomic E-state index is -3.35. The molecule has 2 aromatic carbocycles. The van der Waals surface area contributed by atoms with Crippen molar-refractivity contribution in [1.82, 2.24) is 9.78 Å². The molecule has 0 amide bonds. The van der Waals surface area contributed by atoms with Crippen LogP contribution in [-0.4, -0.2) is 36.3 Å². The van der Waals surface area contributed by atoms with Gasteiger partial charge in [0, 0.05) is 17.7 Å². The van der Waals surface area contributed by atoms with Crippen molar-refractivity contribution in [1.29, 1.82) is 0 Å². The number of nitrogens with zero attached hydrogens (tertiary/aromatic N) is 2. The quantitative estimate of drug-likeness (QED) is 0.541. The average Bonchev–Trinajstić information content (AvgIpc) is 2.74. The van der Waals surface area contributed by atoms with Gasteiger partial charge in [0.1, 0.15) is 5.82 Å². The van der Waals surface area contributed by atoms with E-state index in [9.17, 15) is 17.6 Å². The molecule has 31 heavy (non-hydrogen) atoms. The van der Waals surface area contributed by atoms with Gasteiger partial charge in [0.2, 0.25) is 0 Å². The van der Waals surface area contributed by atoms with E-state index >= 15 is 0 Å². The van der Waals surface area contributed by atoms with Crippen molar-refractivity contribution < 1.29 is 17.5 Å². The lowest BCUT2D eigenvalue weighted by Gasteiger charge is -2.22. The average molecular weight is 463 g/mol. The highest BCUT2D eigenvalue weighted by Gasteiger charge is 2.21. The first-order valence-corrected chi connectivity index (χ1v) is 12.1. The van der Waals surface area contributed by atoms with Crippen LogP contribution in [0.3, 0.4) is 0 Å². The standard InChI is InChI=1S/C22H23FN2O4S2/c1-14(13-30)15(2)29-21-20(16-4-10-19(11-5-16)31(3,27)28)12-24-25(22(21)26)18-8-6-17(23)7-9-18/h4-12,14-15,30H,13H2,1-3H3. The van der Waals surface area contributed by atoms with Gasteiger partial charge in [-0.15, -0.1) is 0 Å². The molecule has 1 aromatic heterocycles. The van der Waals surface area contributed by atoms with Crippen LogP contribution in [0.4, 0.5) is 4.39 Å². The predicted octanol–water partition coefficient (Wildman–Crippen LogP) is 3.78. The van der Waals surface area contributed by atoms with Gasteiger partial charge >= 0.3 is 5.56 Å². The number of ether oxygens (including phenoxy) is 1. The predicted molar refractivity (Wildman–Crippen MR) is 121 cm³/mol. The van der Waals surface area contributed by atoms with Gasteiger partial charge in [-0.2, -0.15) is 22.4 Å². The minimum absolute atomic E-state index is 0.0654. The van der Waals surface area contributed by atoms with Crippen LogP contribution in [0.15, 0.2) is 64.4 Å².